The van der Waals surface area contributed by atoms with E-state index in [9.17, 15) is 4.79 Å². The van der Waals surface area contributed by atoms with Crippen molar-refractivity contribution in [2.75, 3.05) is 0 Å². The lowest BCUT2D eigenvalue weighted by atomic mass is 9.72. The van der Waals surface area contributed by atoms with Crippen LogP contribution in [0.2, 0.25) is 0 Å². The van der Waals surface area contributed by atoms with E-state index in [-0.39, 0.29) is 12.1 Å². The minimum atomic E-state index is -0.463. The van der Waals surface area contributed by atoms with Crippen molar-refractivity contribution in [3.63, 3.8) is 0 Å². The van der Waals surface area contributed by atoms with E-state index in [2.05, 4.69) is 20.8 Å². The minimum Gasteiger partial charge on any atom is -0.462 e. The topological polar surface area (TPSA) is 26.3 Å². The van der Waals surface area contributed by atoms with E-state index in [1.807, 2.05) is 32.9 Å². The molecule has 1 saturated carbocycles. The summed E-state index contributed by atoms with van der Waals surface area (Å²) >= 11 is 0. The van der Waals surface area contributed by atoms with Crippen molar-refractivity contribution in [2.24, 2.45) is 16.7 Å². The highest BCUT2D eigenvalue weighted by molar-refractivity contribution is 5.78. The minimum absolute atomic E-state index is 0.0580. The molecule has 116 valence electrons. The van der Waals surface area contributed by atoms with Crippen molar-refractivity contribution in [1.82, 2.24) is 0 Å². The number of hydrogen-bond donors (Lipinski definition) is 0. The number of carbonyl (C=O) groups is 1. The number of rotatable bonds is 4. The monoisotopic (exact) mass is 280 g/mol. The molecule has 0 saturated heterocycles. The third-order valence-corrected chi connectivity index (χ3v) is 4.91. The van der Waals surface area contributed by atoms with Gasteiger partial charge >= 0.3 is 5.97 Å². The van der Waals surface area contributed by atoms with Crippen LogP contribution in [-0.2, 0) is 9.53 Å². The Hall–Kier alpha value is -0.790. The van der Waals surface area contributed by atoms with Gasteiger partial charge in [-0.1, -0.05) is 39.8 Å². The predicted octanol–water partition coefficient (Wildman–Crippen LogP) is 5.13. The van der Waals surface area contributed by atoms with Gasteiger partial charge in [0.25, 0.3) is 0 Å². The zero-order valence-corrected chi connectivity index (χ0v) is 14.2. The first-order chi connectivity index (χ1) is 9.23. The molecule has 0 amide bonds. The standard InChI is InChI=1S/C18H32O2/c1-7-13-18(6,8-2)16(19)20-15-11-9-14(10-12-15)17(3,4)5/h7,13-15H,8-12H2,1-6H3/b13-7-. The van der Waals surface area contributed by atoms with Gasteiger partial charge in [-0.2, -0.15) is 0 Å². The Morgan fingerprint density at radius 3 is 2.10 bits per heavy atom. The van der Waals surface area contributed by atoms with E-state index < -0.39 is 5.41 Å². The number of carbonyl (C=O) groups excluding carboxylic acids is 1. The lowest BCUT2D eigenvalue weighted by molar-refractivity contribution is -0.160. The summed E-state index contributed by atoms with van der Waals surface area (Å²) in [5.74, 6) is 0.697. The van der Waals surface area contributed by atoms with Crippen LogP contribution >= 0.6 is 0 Å². The summed E-state index contributed by atoms with van der Waals surface area (Å²) < 4.78 is 5.77. The molecule has 0 aromatic carbocycles. The molecule has 0 radical (unpaired) electrons. The molecule has 20 heavy (non-hydrogen) atoms. The van der Waals surface area contributed by atoms with Crippen LogP contribution in [0.4, 0.5) is 0 Å². The Morgan fingerprint density at radius 1 is 1.15 bits per heavy atom. The summed E-state index contributed by atoms with van der Waals surface area (Å²) in [5.41, 5.74) is -0.0898. The zero-order valence-electron chi connectivity index (χ0n) is 14.2. The molecule has 0 spiro atoms. The molecular formula is C18H32O2. The Kier molecular flexibility index (Phi) is 5.85. The molecular weight excluding hydrogens is 248 g/mol. The lowest BCUT2D eigenvalue weighted by Gasteiger charge is -2.37. The van der Waals surface area contributed by atoms with Crippen LogP contribution in [0.5, 0.6) is 0 Å². The smallest absolute Gasteiger partial charge is 0.315 e. The van der Waals surface area contributed by atoms with Crippen LogP contribution in [0.25, 0.3) is 0 Å². The molecule has 1 atom stereocenters. The highest BCUT2D eigenvalue weighted by Crippen LogP contribution is 2.39. The van der Waals surface area contributed by atoms with Gasteiger partial charge in [0.05, 0.1) is 5.41 Å². The van der Waals surface area contributed by atoms with E-state index in [1.54, 1.807) is 0 Å². The van der Waals surface area contributed by atoms with E-state index >= 15 is 0 Å². The molecule has 0 aromatic heterocycles. The van der Waals surface area contributed by atoms with Crippen LogP contribution in [-0.4, -0.2) is 12.1 Å². The fourth-order valence-corrected chi connectivity index (χ4v) is 3.03. The summed E-state index contributed by atoms with van der Waals surface area (Å²) in [6.07, 6.45) is 9.21. The molecule has 0 heterocycles. The molecule has 2 heteroatoms. The zero-order chi connectivity index (χ0) is 15.4. The van der Waals surface area contributed by atoms with Crippen molar-refractivity contribution in [2.45, 2.75) is 79.8 Å². The van der Waals surface area contributed by atoms with Crippen LogP contribution in [0.1, 0.15) is 73.6 Å². The van der Waals surface area contributed by atoms with E-state index in [4.69, 9.17) is 4.74 Å². The summed E-state index contributed by atoms with van der Waals surface area (Å²) in [4.78, 5) is 12.4. The van der Waals surface area contributed by atoms with Crippen LogP contribution in [0, 0.1) is 16.7 Å². The first kappa shape index (κ1) is 17.3. The highest BCUT2D eigenvalue weighted by atomic mass is 16.5. The predicted molar refractivity (Wildman–Crippen MR) is 84.5 cm³/mol. The molecule has 1 rings (SSSR count). The van der Waals surface area contributed by atoms with E-state index in [0.717, 1.165) is 25.2 Å². The van der Waals surface area contributed by atoms with Gasteiger partial charge in [0.15, 0.2) is 0 Å². The van der Waals surface area contributed by atoms with Crippen LogP contribution in [0.15, 0.2) is 12.2 Å². The largest absolute Gasteiger partial charge is 0.462 e. The summed E-state index contributed by atoms with van der Waals surface area (Å²) in [7, 11) is 0. The molecule has 1 aliphatic carbocycles. The maximum atomic E-state index is 12.4. The van der Waals surface area contributed by atoms with Crippen molar-refractivity contribution in [3.8, 4) is 0 Å². The summed E-state index contributed by atoms with van der Waals surface area (Å²) in [6.45, 7) is 12.9. The third-order valence-electron chi connectivity index (χ3n) is 4.91. The second kappa shape index (κ2) is 6.78. The van der Waals surface area contributed by atoms with Crippen molar-refractivity contribution in [3.05, 3.63) is 12.2 Å². The molecule has 1 fully saturated rings. The number of esters is 1. The van der Waals surface area contributed by atoms with Crippen LogP contribution < -0.4 is 0 Å². The van der Waals surface area contributed by atoms with Gasteiger partial charge in [-0.25, -0.2) is 0 Å². The van der Waals surface area contributed by atoms with E-state index in [1.165, 1.54) is 12.8 Å². The molecule has 0 aliphatic heterocycles. The number of allylic oxidation sites excluding steroid dienone is 1. The molecule has 2 nitrogen and oxygen atoms in total. The number of hydrogen-bond acceptors (Lipinski definition) is 2. The Labute approximate surface area is 125 Å². The SMILES string of the molecule is C/C=C\C(C)(CC)C(=O)OC1CCC(C(C)(C)C)CC1. The Morgan fingerprint density at radius 2 is 1.70 bits per heavy atom. The van der Waals surface area contributed by atoms with Gasteiger partial charge in [-0.3, -0.25) is 4.79 Å². The van der Waals surface area contributed by atoms with Gasteiger partial charge in [0.2, 0.25) is 0 Å². The molecule has 0 N–H and O–H groups in total. The van der Waals surface area contributed by atoms with Gasteiger partial charge in [0, 0.05) is 0 Å². The molecule has 0 bridgehead atoms. The fourth-order valence-electron chi connectivity index (χ4n) is 3.03. The average Bonchev–Trinajstić information content (AvgIpc) is 2.38. The van der Waals surface area contributed by atoms with Gasteiger partial charge in [0.1, 0.15) is 6.10 Å². The second-order valence-electron chi connectivity index (χ2n) is 7.52. The van der Waals surface area contributed by atoms with Gasteiger partial charge in [-0.05, 0) is 57.3 Å². The summed E-state index contributed by atoms with van der Waals surface area (Å²) in [6, 6.07) is 0. The number of ether oxygens (including phenoxy) is 1. The first-order valence-corrected chi connectivity index (χ1v) is 8.08. The Balaban J connectivity index is 2.54. The molecule has 0 aromatic rings. The van der Waals surface area contributed by atoms with Crippen LogP contribution in [0.3, 0.4) is 0 Å². The van der Waals surface area contributed by atoms with Crippen molar-refractivity contribution >= 4 is 5.97 Å². The van der Waals surface area contributed by atoms with E-state index in [0.29, 0.717) is 5.41 Å². The first-order valence-electron chi connectivity index (χ1n) is 8.08. The second-order valence-corrected chi connectivity index (χ2v) is 7.52. The third kappa shape index (κ3) is 4.36. The fraction of sp³-hybridized carbons (Fsp3) is 0.833. The lowest BCUT2D eigenvalue weighted by Crippen LogP contribution is -2.34. The highest BCUT2D eigenvalue weighted by Gasteiger charge is 2.35. The Bertz CT molecular complexity index is 343. The molecule has 1 aliphatic rings. The molecule has 1 unspecified atom stereocenters. The quantitative estimate of drug-likeness (QED) is 0.527. The normalized spacial score (nSPS) is 27.3. The maximum absolute atomic E-state index is 12.4. The average molecular weight is 280 g/mol. The van der Waals surface area contributed by atoms with Gasteiger partial charge in [-0.15, -0.1) is 0 Å². The van der Waals surface area contributed by atoms with Crippen molar-refractivity contribution in [1.29, 1.82) is 0 Å². The maximum Gasteiger partial charge on any atom is 0.315 e. The van der Waals surface area contributed by atoms with Gasteiger partial charge < -0.3 is 4.74 Å². The van der Waals surface area contributed by atoms with Crippen molar-refractivity contribution < 1.29 is 9.53 Å². The summed E-state index contributed by atoms with van der Waals surface area (Å²) in [5, 5.41) is 0.